The zero-order valence-corrected chi connectivity index (χ0v) is 11.4. The molecule has 2 aromatic carbocycles. The number of hydrogen-bond acceptors (Lipinski definition) is 3. The van der Waals surface area contributed by atoms with Crippen LogP contribution in [0, 0.1) is 0 Å². The second-order valence-electron chi connectivity index (χ2n) is 5.22. The fourth-order valence-corrected chi connectivity index (χ4v) is 1.95. The normalized spacial score (nSPS) is 11.3. The molecule has 0 heterocycles. The Hall–Kier alpha value is -2.00. The van der Waals surface area contributed by atoms with Crippen LogP contribution in [0.3, 0.4) is 0 Å². The predicted octanol–water partition coefficient (Wildman–Crippen LogP) is 3.04. The lowest BCUT2D eigenvalue weighted by atomic mass is 9.94. The van der Waals surface area contributed by atoms with Gasteiger partial charge in [-0.25, -0.2) is 0 Å². The van der Waals surface area contributed by atoms with E-state index in [1.54, 1.807) is 0 Å². The molecule has 0 bridgehead atoms. The second-order valence-corrected chi connectivity index (χ2v) is 5.22. The van der Waals surface area contributed by atoms with Gasteiger partial charge in [0.2, 0.25) is 0 Å². The van der Waals surface area contributed by atoms with Gasteiger partial charge < -0.3 is 16.2 Å². The van der Waals surface area contributed by atoms with E-state index < -0.39 is 5.54 Å². The number of para-hydroxylation sites is 1. The molecule has 2 rings (SSSR count). The number of benzene rings is 2. The highest BCUT2D eigenvalue weighted by Gasteiger charge is 2.20. The second kappa shape index (κ2) is 5.33. The van der Waals surface area contributed by atoms with E-state index in [2.05, 4.69) is 0 Å². The Morgan fingerprint density at radius 3 is 2.32 bits per heavy atom. The van der Waals surface area contributed by atoms with Gasteiger partial charge in [0.25, 0.3) is 0 Å². The van der Waals surface area contributed by atoms with Crippen molar-refractivity contribution in [3.8, 4) is 5.75 Å². The number of hydrogen-bond donors (Lipinski definition) is 2. The SMILES string of the molecule is CC(C)(N)c1cccc(N)c1OCc1ccccc1. The highest BCUT2D eigenvalue weighted by molar-refractivity contribution is 5.58. The highest BCUT2D eigenvalue weighted by atomic mass is 16.5. The third kappa shape index (κ3) is 3.26. The first kappa shape index (κ1) is 13.4. The number of nitrogens with two attached hydrogens (primary N) is 2. The van der Waals surface area contributed by atoms with Crippen LogP contribution in [0.15, 0.2) is 48.5 Å². The maximum absolute atomic E-state index is 6.16. The predicted molar refractivity (Wildman–Crippen MR) is 78.8 cm³/mol. The quantitative estimate of drug-likeness (QED) is 0.826. The van der Waals surface area contributed by atoms with Gasteiger partial charge in [0.1, 0.15) is 12.4 Å². The van der Waals surface area contributed by atoms with Crippen molar-refractivity contribution in [2.24, 2.45) is 5.73 Å². The van der Waals surface area contributed by atoms with Crippen LogP contribution in [-0.4, -0.2) is 0 Å². The monoisotopic (exact) mass is 256 g/mol. The Labute approximate surface area is 114 Å². The van der Waals surface area contributed by atoms with E-state index in [1.165, 1.54) is 0 Å². The zero-order chi connectivity index (χ0) is 13.9. The largest absolute Gasteiger partial charge is 0.486 e. The van der Waals surface area contributed by atoms with E-state index in [0.29, 0.717) is 18.0 Å². The average Bonchev–Trinajstić information content (AvgIpc) is 2.37. The van der Waals surface area contributed by atoms with Crippen LogP contribution >= 0.6 is 0 Å². The summed E-state index contributed by atoms with van der Waals surface area (Å²) in [5, 5.41) is 0. The van der Waals surface area contributed by atoms with Crippen LogP contribution in [0.25, 0.3) is 0 Å². The molecular formula is C16H20N2O. The van der Waals surface area contributed by atoms with Gasteiger partial charge >= 0.3 is 0 Å². The number of rotatable bonds is 4. The van der Waals surface area contributed by atoms with Gasteiger partial charge in [0.15, 0.2) is 0 Å². The summed E-state index contributed by atoms with van der Waals surface area (Å²) in [6.45, 7) is 4.37. The number of ether oxygens (including phenoxy) is 1. The van der Waals surface area contributed by atoms with Gasteiger partial charge in [0.05, 0.1) is 5.69 Å². The van der Waals surface area contributed by atoms with Crippen molar-refractivity contribution in [3.05, 3.63) is 59.7 Å². The minimum atomic E-state index is -0.485. The Morgan fingerprint density at radius 1 is 1.00 bits per heavy atom. The molecule has 19 heavy (non-hydrogen) atoms. The molecule has 0 saturated carbocycles. The molecule has 0 unspecified atom stereocenters. The smallest absolute Gasteiger partial charge is 0.147 e. The maximum atomic E-state index is 6.16. The summed E-state index contributed by atoms with van der Waals surface area (Å²) in [5.41, 5.74) is 14.3. The Bertz CT molecular complexity index is 544. The first-order chi connectivity index (χ1) is 8.98. The lowest BCUT2D eigenvalue weighted by molar-refractivity contribution is 0.298. The van der Waals surface area contributed by atoms with E-state index in [-0.39, 0.29) is 0 Å². The molecule has 0 amide bonds. The minimum Gasteiger partial charge on any atom is -0.486 e. The third-order valence-corrected chi connectivity index (χ3v) is 2.97. The standard InChI is InChI=1S/C16H20N2O/c1-16(2,18)13-9-6-10-14(17)15(13)19-11-12-7-4-3-5-8-12/h3-10H,11,17-18H2,1-2H3. The molecule has 2 aromatic rings. The van der Waals surface area contributed by atoms with Crippen LogP contribution < -0.4 is 16.2 Å². The van der Waals surface area contributed by atoms with Crippen LogP contribution in [0.1, 0.15) is 25.0 Å². The summed E-state index contributed by atoms with van der Waals surface area (Å²) in [6.07, 6.45) is 0. The van der Waals surface area contributed by atoms with Crippen molar-refractivity contribution in [3.63, 3.8) is 0 Å². The van der Waals surface area contributed by atoms with Crippen molar-refractivity contribution in [1.82, 2.24) is 0 Å². The van der Waals surface area contributed by atoms with Crippen LogP contribution in [0.4, 0.5) is 5.69 Å². The molecule has 0 aliphatic carbocycles. The van der Waals surface area contributed by atoms with Gasteiger partial charge in [0, 0.05) is 11.1 Å². The lowest BCUT2D eigenvalue weighted by Gasteiger charge is -2.23. The fraction of sp³-hybridized carbons (Fsp3) is 0.250. The van der Waals surface area contributed by atoms with Gasteiger partial charge in [-0.3, -0.25) is 0 Å². The fourth-order valence-electron chi connectivity index (χ4n) is 1.95. The summed E-state index contributed by atoms with van der Waals surface area (Å²) < 4.78 is 5.88. The molecule has 3 nitrogen and oxygen atoms in total. The van der Waals surface area contributed by atoms with E-state index in [4.69, 9.17) is 16.2 Å². The van der Waals surface area contributed by atoms with Crippen LogP contribution in [-0.2, 0) is 12.1 Å². The van der Waals surface area contributed by atoms with E-state index >= 15 is 0 Å². The molecule has 0 spiro atoms. The summed E-state index contributed by atoms with van der Waals surface area (Å²) in [6, 6.07) is 15.7. The molecule has 0 aliphatic rings. The zero-order valence-electron chi connectivity index (χ0n) is 11.4. The topological polar surface area (TPSA) is 61.3 Å². The molecule has 0 radical (unpaired) electrons. The molecule has 0 fully saturated rings. The van der Waals surface area contributed by atoms with E-state index in [9.17, 15) is 0 Å². The third-order valence-electron chi connectivity index (χ3n) is 2.97. The highest BCUT2D eigenvalue weighted by Crippen LogP contribution is 2.33. The first-order valence-corrected chi connectivity index (χ1v) is 6.33. The van der Waals surface area contributed by atoms with Crippen LogP contribution in [0.5, 0.6) is 5.75 Å². The summed E-state index contributed by atoms with van der Waals surface area (Å²) in [4.78, 5) is 0. The van der Waals surface area contributed by atoms with Crippen molar-refractivity contribution in [2.75, 3.05) is 5.73 Å². The van der Waals surface area contributed by atoms with E-state index in [0.717, 1.165) is 11.1 Å². The molecule has 0 saturated heterocycles. The van der Waals surface area contributed by atoms with Gasteiger partial charge in [-0.2, -0.15) is 0 Å². The number of nitrogen functional groups attached to an aromatic ring is 1. The maximum Gasteiger partial charge on any atom is 0.147 e. The first-order valence-electron chi connectivity index (χ1n) is 6.33. The molecule has 4 N–H and O–H groups in total. The van der Waals surface area contributed by atoms with Crippen LogP contribution in [0.2, 0.25) is 0 Å². The average molecular weight is 256 g/mol. The Morgan fingerprint density at radius 2 is 1.68 bits per heavy atom. The summed E-state index contributed by atoms with van der Waals surface area (Å²) in [5.74, 6) is 0.679. The van der Waals surface area contributed by atoms with Crippen molar-refractivity contribution >= 4 is 5.69 Å². The van der Waals surface area contributed by atoms with Crippen molar-refractivity contribution < 1.29 is 4.74 Å². The Balaban J connectivity index is 2.25. The summed E-state index contributed by atoms with van der Waals surface area (Å²) >= 11 is 0. The van der Waals surface area contributed by atoms with Crippen molar-refractivity contribution in [2.45, 2.75) is 26.0 Å². The molecular weight excluding hydrogens is 236 g/mol. The van der Waals surface area contributed by atoms with Gasteiger partial charge in [-0.05, 0) is 25.5 Å². The summed E-state index contributed by atoms with van der Waals surface area (Å²) in [7, 11) is 0. The lowest BCUT2D eigenvalue weighted by Crippen LogP contribution is -2.29. The minimum absolute atomic E-state index is 0.484. The molecule has 0 atom stereocenters. The molecule has 0 aromatic heterocycles. The molecule has 3 heteroatoms. The molecule has 0 aliphatic heterocycles. The van der Waals surface area contributed by atoms with Gasteiger partial charge in [-0.1, -0.05) is 42.5 Å². The Kier molecular flexibility index (Phi) is 3.76. The molecule has 100 valence electrons. The van der Waals surface area contributed by atoms with Gasteiger partial charge in [-0.15, -0.1) is 0 Å². The van der Waals surface area contributed by atoms with Crippen molar-refractivity contribution in [1.29, 1.82) is 0 Å². The number of anilines is 1. The van der Waals surface area contributed by atoms with E-state index in [1.807, 2.05) is 62.4 Å².